The van der Waals surface area contributed by atoms with Crippen molar-refractivity contribution in [3.8, 4) is 17.3 Å². The van der Waals surface area contributed by atoms with Crippen LogP contribution in [0.4, 0.5) is 10.5 Å². The minimum absolute atomic E-state index is 0.0347. The highest BCUT2D eigenvalue weighted by atomic mass is 35.5. The van der Waals surface area contributed by atoms with Gasteiger partial charge in [-0.15, -0.1) is 0 Å². The van der Waals surface area contributed by atoms with Gasteiger partial charge >= 0.3 is 6.09 Å². The molecular weight excluding hydrogens is 480 g/mol. The van der Waals surface area contributed by atoms with Crippen LogP contribution in [0.5, 0.6) is 0 Å². The molecule has 0 radical (unpaired) electrons. The molecule has 9 heteroatoms. The van der Waals surface area contributed by atoms with E-state index in [4.69, 9.17) is 20.8 Å². The zero-order valence-corrected chi connectivity index (χ0v) is 23.9. The summed E-state index contributed by atoms with van der Waals surface area (Å²) in [7, 11) is -2.07. The Morgan fingerprint density at radius 3 is 2.46 bits per heavy atom. The monoisotopic (exact) mass is 514 g/mol. The topological polar surface area (TPSA) is 88.3 Å². The third-order valence-corrected chi connectivity index (χ3v) is 11.4. The number of ether oxygens (including phenoxy) is 1. The van der Waals surface area contributed by atoms with Gasteiger partial charge < -0.3 is 9.16 Å². The number of hydrogen-bond acceptors (Lipinski definition) is 6. The summed E-state index contributed by atoms with van der Waals surface area (Å²) in [5, 5.41) is 10.2. The average Bonchev–Trinajstić information content (AvgIpc) is 3.03. The van der Waals surface area contributed by atoms with E-state index in [1.807, 2.05) is 26.8 Å². The largest absolute Gasteiger partial charge is 0.443 e. The summed E-state index contributed by atoms with van der Waals surface area (Å²) in [6.07, 6.45) is 1.10. The minimum atomic E-state index is -2.07. The van der Waals surface area contributed by atoms with Gasteiger partial charge in [0.15, 0.2) is 8.32 Å². The van der Waals surface area contributed by atoms with Crippen LogP contribution in [0, 0.1) is 11.3 Å². The van der Waals surface area contributed by atoms with E-state index < -0.39 is 25.4 Å². The second-order valence-electron chi connectivity index (χ2n) is 11.9. The molecule has 7 nitrogen and oxygen atoms in total. The lowest BCUT2D eigenvalue weighted by Gasteiger charge is -2.39. The first-order valence-electron chi connectivity index (χ1n) is 11.7. The molecule has 0 N–H and O–H groups in total. The first-order chi connectivity index (χ1) is 16.0. The van der Waals surface area contributed by atoms with Crippen molar-refractivity contribution in [2.24, 2.45) is 0 Å². The first-order valence-corrected chi connectivity index (χ1v) is 15.0. The van der Waals surface area contributed by atoms with E-state index in [9.17, 15) is 10.1 Å². The first kappa shape index (κ1) is 27.1. The number of amides is 1. The van der Waals surface area contributed by atoms with Crippen molar-refractivity contribution >= 4 is 31.7 Å². The Balaban J connectivity index is 2.15. The Morgan fingerprint density at radius 1 is 1.26 bits per heavy atom. The lowest BCUT2D eigenvalue weighted by Crippen LogP contribution is -2.46. The van der Waals surface area contributed by atoms with Crippen molar-refractivity contribution in [3.05, 3.63) is 40.8 Å². The lowest BCUT2D eigenvalue weighted by molar-refractivity contribution is 0.0575. The quantitative estimate of drug-likeness (QED) is 0.333. The van der Waals surface area contributed by atoms with E-state index in [0.29, 0.717) is 30.1 Å². The Hall–Kier alpha value is -2.47. The van der Waals surface area contributed by atoms with Crippen LogP contribution in [-0.2, 0) is 14.6 Å². The molecule has 0 spiro atoms. The third-order valence-electron chi connectivity index (χ3n) is 6.75. The van der Waals surface area contributed by atoms with Crippen molar-refractivity contribution in [3.63, 3.8) is 0 Å². The van der Waals surface area contributed by atoms with Crippen LogP contribution in [0.25, 0.3) is 11.3 Å². The summed E-state index contributed by atoms with van der Waals surface area (Å²) in [5.74, 6) is 0. The van der Waals surface area contributed by atoms with E-state index in [2.05, 4.69) is 56.8 Å². The molecule has 0 unspecified atom stereocenters. The summed E-state index contributed by atoms with van der Waals surface area (Å²) in [4.78, 5) is 23.1. The molecule has 35 heavy (non-hydrogen) atoms. The van der Waals surface area contributed by atoms with E-state index in [0.717, 1.165) is 11.1 Å². The number of benzene rings is 1. The number of anilines is 1. The zero-order chi connectivity index (χ0) is 26.4. The van der Waals surface area contributed by atoms with Crippen molar-refractivity contribution in [2.45, 2.75) is 77.6 Å². The molecule has 0 aliphatic carbocycles. The number of nitrogens with zero attached hydrogens (tertiary/aromatic N) is 4. The highest BCUT2D eigenvalue weighted by molar-refractivity contribution is 6.74. The summed E-state index contributed by atoms with van der Waals surface area (Å²) >= 11 is 6.04. The van der Waals surface area contributed by atoms with Crippen LogP contribution in [0.2, 0.25) is 23.4 Å². The molecule has 188 valence electrons. The fourth-order valence-electron chi connectivity index (χ4n) is 3.78. The highest BCUT2D eigenvalue weighted by Crippen LogP contribution is 2.47. The van der Waals surface area contributed by atoms with Gasteiger partial charge in [-0.2, -0.15) is 5.26 Å². The smallest absolute Gasteiger partial charge is 0.414 e. The second-order valence-corrected chi connectivity index (χ2v) is 17.1. The molecule has 0 saturated carbocycles. The second kappa shape index (κ2) is 9.19. The van der Waals surface area contributed by atoms with E-state index in [1.54, 1.807) is 23.2 Å². The van der Waals surface area contributed by atoms with Gasteiger partial charge in [-0.05, 0) is 74.3 Å². The molecule has 3 rings (SSSR count). The Labute approximate surface area is 214 Å². The van der Waals surface area contributed by atoms with Crippen LogP contribution in [0.1, 0.15) is 59.6 Å². The van der Waals surface area contributed by atoms with E-state index in [1.165, 1.54) is 0 Å². The van der Waals surface area contributed by atoms with Crippen molar-refractivity contribution in [2.75, 3.05) is 18.1 Å². The van der Waals surface area contributed by atoms with Crippen molar-refractivity contribution in [1.29, 1.82) is 5.26 Å². The van der Waals surface area contributed by atoms with Crippen LogP contribution in [0.15, 0.2) is 24.4 Å². The molecule has 1 aliphatic rings. The SMILES string of the molecule is CC(C)(C)OC(=O)N1C[C@](C)(CO[Si](C)(C)C(C)(C)C)c2cc(-c3ccnc(Cl)n3)cc(C#N)c21. The maximum absolute atomic E-state index is 13.3. The van der Waals surface area contributed by atoms with Gasteiger partial charge in [0.05, 0.1) is 16.9 Å². The molecule has 1 atom stereocenters. The molecule has 0 saturated heterocycles. The Morgan fingerprint density at radius 2 is 1.91 bits per heavy atom. The maximum Gasteiger partial charge on any atom is 0.414 e. The van der Waals surface area contributed by atoms with Crippen LogP contribution in [0.3, 0.4) is 0 Å². The Bertz CT molecular complexity index is 1180. The molecule has 1 aromatic carbocycles. The van der Waals surface area contributed by atoms with Crippen molar-refractivity contribution < 1.29 is 14.0 Å². The average molecular weight is 515 g/mol. The number of fused-ring (bicyclic) bond motifs is 1. The molecule has 0 fully saturated rings. The Kier molecular flexibility index (Phi) is 7.12. The molecule has 1 aliphatic heterocycles. The highest BCUT2D eigenvalue weighted by Gasteiger charge is 2.47. The maximum atomic E-state index is 13.3. The number of halogens is 1. The van der Waals surface area contributed by atoms with Gasteiger partial charge in [0.25, 0.3) is 0 Å². The molecule has 2 aromatic rings. The van der Waals surface area contributed by atoms with Gasteiger partial charge in [-0.3, -0.25) is 4.90 Å². The predicted molar refractivity (Wildman–Crippen MR) is 141 cm³/mol. The van der Waals surface area contributed by atoms with Gasteiger partial charge in [0.1, 0.15) is 11.7 Å². The van der Waals surface area contributed by atoms with Gasteiger partial charge in [0.2, 0.25) is 5.28 Å². The standard InChI is InChI=1S/C26H35ClN4O3Si/c1-24(2,3)34-23(32)31-15-26(7,16-33-35(8,9)25(4,5)6)19-13-17(12-18(14-28)21(19)31)20-10-11-29-22(27)30-20/h10-13H,15-16H2,1-9H3/t26-/m1/s1. The van der Waals surface area contributed by atoms with Crippen LogP contribution in [-0.4, -0.2) is 43.1 Å². The van der Waals surface area contributed by atoms with Crippen LogP contribution >= 0.6 is 11.6 Å². The number of hydrogen-bond donors (Lipinski definition) is 0. The summed E-state index contributed by atoms with van der Waals surface area (Å²) in [6.45, 7) is 19.3. The summed E-state index contributed by atoms with van der Waals surface area (Å²) < 4.78 is 12.3. The molecule has 2 heterocycles. The molecule has 0 bridgehead atoms. The molecule has 1 amide bonds. The molecule has 1 aromatic heterocycles. The van der Waals surface area contributed by atoms with Gasteiger partial charge in [-0.1, -0.05) is 27.7 Å². The van der Waals surface area contributed by atoms with E-state index in [-0.39, 0.29) is 10.3 Å². The summed E-state index contributed by atoms with van der Waals surface area (Å²) in [6, 6.07) is 7.74. The van der Waals surface area contributed by atoms with Gasteiger partial charge in [-0.25, -0.2) is 14.8 Å². The van der Waals surface area contributed by atoms with Crippen molar-refractivity contribution in [1.82, 2.24) is 9.97 Å². The third kappa shape index (κ3) is 5.69. The number of nitriles is 1. The lowest BCUT2D eigenvalue weighted by atomic mass is 9.83. The minimum Gasteiger partial charge on any atom is -0.443 e. The fourth-order valence-corrected chi connectivity index (χ4v) is 5.04. The number of rotatable bonds is 4. The zero-order valence-electron chi connectivity index (χ0n) is 22.1. The van der Waals surface area contributed by atoms with E-state index >= 15 is 0 Å². The fraction of sp³-hybridized carbons (Fsp3) is 0.538. The predicted octanol–water partition coefficient (Wildman–Crippen LogP) is 6.70. The van der Waals surface area contributed by atoms with Crippen LogP contribution < -0.4 is 4.90 Å². The number of carbonyl (C=O) groups is 1. The number of carbonyl (C=O) groups excluding carboxylic acids is 1. The number of aromatic nitrogens is 2. The molecular formula is C26H35ClN4O3Si. The summed E-state index contributed by atoms with van der Waals surface area (Å²) in [5.41, 5.74) is 1.90. The van der Waals surface area contributed by atoms with Gasteiger partial charge in [0, 0.05) is 30.3 Å². The normalized spacial score (nSPS) is 18.3.